The van der Waals surface area contributed by atoms with Crippen molar-refractivity contribution in [3.8, 4) is 11.5 Å². The third kappa shape index (κ3) is 2.75. The Morgan fingerprint density at radius 3 is 2.70 bits per heavy atom. The van der Waals surface area contributed by atoms with E-state index in [1.165, 1.54) is 11.3 Å². The van der Waals surface area contributed by atoms with E-state index in [4.69, 9.17) is 9.47 Å². The minimum Gasteiger partial charge on any atom is -0.486 e. The second-order valence-electron chi connectivity index (χ2n) is 4.51. The van der Waals surface area contributed by atoms with Crippen molar-refractivity contribution in [2.45, 2.75) is 6.92 Å². The van der Waals surface area contributed by atoms with E-state index in [1.807, 2.05) is 37.3 Å². The Hall–Kier alpha value is -2.07. The van der Waals surface area contributed by atoms with E-state index in [0.29, 0.717) is 13.2 Å². The average molecular weight is 286 g/mol. The molecule has 1 aliphatic heterocycles. The highest BCUT2D eigenvalue weighted by Gasteiger charge is 2.11. The van der Waals surface area contributed by atoms with Crippen molar-refractivity contribution >= 4 is 23.2 Å². The summed E-state index contributed by atoms with van der Waals surface area (Å²) in [4.78, 5) is 13.9. The van der Waals surface area contributed by atoms with Crippen molar-refractivity contribution in [3.63, 3.8) is 0 Å². The first-order valence-electron chi connectivity index (χ1n) is 6.41. The third-order valence-corrected chi connectivity index (χ3v) is 3.99. The van der Waals surface area contributed by atoms with E-state index in [0.717, 1.165) is 26.8 Å². The van der Waals surface area contributed by atoms with E-state index < -0.39 is 0 Å². The molecular weight excluding hydrogens is 272 g/mol. The number of aryl methyl sites for hydroxylation is 1. The number of fused-ring (bicyclic) bond motifs is 1. The van der Waals surface area contributed by atoms with E-state index in [1.54, 1.807) is 12.2 Å². The number of benzene rings is 1. The summed E-state index contributed by atoms with van der Waals surface area (Å²) in [5, 5.41) is 0. The lowest BCUT2D eigenvalue weighted by Crippen LogP contribution is -2.15. The van der Waals surface area contributed by atoms with Crippen LogP contribution in [0.25, 0.3) is 6.08 Å². The van der Waals surface area contributed by atoms with Gasteiger partial charge in [0.05, 0.1) is 4.88 Å². The summed E-state index contributed by atoms with van der Waals surface area (Å²) in [5.74, 6) is 1.52. The molecule has 1 aromatic carbocycles. The molecule has 0 bridgehead atoms. The molecular formula is C16H14O3S. The Balaban J connectivity index is 1.77. The number of carbonyl (C=O) groups is 1. The molecule has 3 rings (SSSR count). The minimum atomic E-state index is 0.0259. The molecule has 0 N–H and O–H groups in total. The first kappa shape index (κ1) is 12.9. The first-order valence-corrected chi connectivity index (χ1v) is 7.22. The second kappa shape index (κ2) is 5.51. The standard InChI is InChI=1S/C16H14O3S/c1-11-2-7-16(20-11)13(17)5-3-12-4-6-14-15(10-12)19-9-8-18-14/h2-7,10H,8-9H2,1H3. The number of allylic oxidation sites excluding steroid dienone is 1. The number of hydrogen-bond donors (Lipinski definition) is 0. The predicted octanol–water partition coefficient (Wildman–Crippen LogP) is 3.72. The van der Waals surface area contributed by atoms with Crippen molar-refractivity contribution in [1.82, 2.24) is 0 Å². The van der Waals surface area contributed by atoms with Crippen molar-refractivity contribution in [1.29, 1.82) is 0 Å². The first-order chi connectivity index (χ1) is 9.72. The molecule has 0 spiro atoms. The number of ether oxygens (including phenoxy) is 2. The van der Waals surface area contributed by atoms with Gasteiger partial charge in [0.1, 0.15) is 13.2 Å². The quantitative estimate of drug-likeness (QED) is 0.637. The van der Waals surface area contributed by atoms with Crippen LogP contribution in [0.1, 0.15) is 20.1 Å². The Morgan fingerprint density at radius 1 is 1.15 bits per heavy atom. The van der Waals surface area contributed by atoms with Crippen molar-refractivity contribution < 1.29 is 14.3 Å². The fraction of sp³-hybridized carbons (Fsp3) is 0.188. The zero-order chi connectivity index (χ0) is 13.9. The summed E-state index contributed by atoms with van der Waals surface area (Å²) in [6.45, 7) is 3.14. The maximum absolute atomic E-state index is 12.0. The van der Waals surface area contributed by atoms with Crippen LogP contribution < -0.4 is 9.47 Å². The Morgan fingerprint density at radius 2 is 1.95 bits per heavy atom. The van der Waals surface area contributed by atoms with Crippen LogP contribution in [0.2, 0.25) is 0 Å². The summed E-state index contributed by atoms with van der Waals surface area (Å²) in [7, 11) is 0. The van der Waals surface area contributed by atoms with Gasteiger partial charge in [-0.05, 0) is 42.8 Å². The van der Waals surface area contributed by atoms with Gasteiger partial charge in [-0.1, -0.05) is 12.1 Å². The fourth-order valence-corrected chi connectivity index (χ4v) is 2.77. The van der Waals surface area contributed by atoms with Gasteiger partial charge < -0.3 is 9.47 Å². The highest BCUT2D eigenvalue weighted by molar-refractivity contribution is 7.14. The molecule has 4 heteroatoms. The van der Waals surface area contributed by atoms with Crippen molar-refractivity contribution in [2.75, 3.05) is 13.2 Å². The highest BCUT2D eigenvalue weighted by Crippen LogP contribution is 2.31. The van der Waals surface area contributed by atoms with Gasteiger partial charge in [0.25, 0.3) is 0 Å². The average Bonchev–Trinajstić information content (AvgIpc) is 2.91. The molecule has 1 aliphatic rings. The van der Waals surface area contributed by atoms with Gasteiger partial charge in [-0.25, -0.2) is 0 Å². The van der Waals surface area contributed by atoms with E-state index in [9.17, 15) is 4.79 Å². The van der Waals surface area contributed by atoms with Gasteiger partial charge in [0.2, 0.25) is 0 Å². The van der Waals surface area contributed by atoms with Crippen LogP contribution in [-0.4, -0.2) is 19.0 Å². The molecule has 20 heavy (non-hydrogen) atoms. The zero-order valence-corrected chi connectivity index (χ0v) is 11.9. The lowest BCUT2D eigenvalue weighted by atomic mass is 10.1. The predicted molar refractivity (Wildman–Crippen MR) is 79.9 cm³/mol. The van der Waals surface area contributed by atoms with Crippen LogP contribution in [0.4, 0.5) is 0 Å². The fourth-order valence-electron chi connectivity index (χ4n) is 1.98. The number of rotatable bonds is 3. The monoisotopic (exact) mass is 286 g/mol. The van der Waals surface area contributed by atoms with Gasteiger partial charge in [0.15, 0.2) is 17.3 Å². The summed E-state index contributed by atoms with van der Waals surface area (Å²) in [6.07, 6.45) is 3.40. The largest absolute Gasteiger partial charge is 0.486 e. The molecule has 0 atom stereocenters. The van der Waals surface area contributed by atoms with Crippen LogP contribution in [0.15, 0.2) is 36.4 Å². The zero-order valence-electron chi connectivity index (χ0n) is 11.1. The molecule has 2 heterocycles. The van der Waals surface area contributed by atoms with Gasteiger partial charge in [-0.2, -0.15) is 0 Å². The van der Waals surface area contributed by atoms with Gasteiger partial charge in [-0.3, -0.25) is 4.79 Å². The molecule has 0 radical (unpaired) electrons. The normalized spacial score (nSPS) is 13.7. The number of ketones is 1. The summed E-state index contributed by atoms with van der Waals surface area (Å²) < 4.78 is 11.0. The van der Waals surface area contributed by atoms with E-state index in [2.05, 4.69) is 0 Å². The lowest BCUT2D eigenvalue weighted by Gasteiger charge is -2.18. The molecule has 0 amide bonds. The van der Waals surface area contributed by atoms with Crippen molar-refractivity contribution in [3.05, 3.63) is 51.7 Å². The number of hydrogen-bond acceptors (Lipinski definition) is 4. The van der Waals surface area contributed by atoms with E-state index in [-0.39, 0.29) is 5.78 Å². The Labute approximate surface area is 121 Å². The topological polar surface area (TPSA) is 35.5 Å². The van der Waals surface area contributed by atoms with Crippen LogP contribution in [0.3, 0.4) is 0 Å². The Bertz CT molecular complexity index is 670. The lowest BCUT2D eigenvalue weighted by molar-refractivity contribution is 0.105. The van der Waals surface area contributed by atoms with E-state index >= 15 is 0 Å². The maximum atomic E-state index is 12.0. The SMILES string of the molecule is Cc1ccc(C(=O)C=Cc2ccc3c(c2)OCCO3)s1. The van der Waals surface area contributed by atoms with Crippen molar-refractivity contribution in [2.24, 2.45) is 0 Å². The minimum absolute atomic E-state index is 0.0259. The summed E-state index contributed by atoms with van der Waals surface area (Å²) >= 11 is 1.51. The highest BCUT2D eigenvalue weighted by atomic mass is 32.1. The summed E-state index contributed by atoms with van der Waals surface area (Å²) in [5.41, 5.74) is 0.927. The number of thiophene rings is 1. The molecule has 0 aliphatic carbocycles. The molecule has 102 valence electrons. The van der Waals surface area contributed by atoms with Crippen LogP contribution in [0, 0.1) is 6.92 Å². The smallest absolute Gasteiger partial charge is 0.195 e. The molecule has 3 nitrogen and oxygen atoms in total. The summed E-state index contributed by atoms with van der Waals surface area (Å²) in [6, 6.07) is 9.48. The van der Waals surface area contributed by atoms with Crippen LogP contribution >= 0.6 is 11.3 Å². The Kier molecular flexibility index (Phi) is 3.56. The molecule has 0 fully saturated rings. The molecule has 1 aromatic heterocycles. The second-order valence-corrected chi connectivity index (χ2v) is 5.80. The third-order valence-electron chi connectivity index (χ3n) is 2.98. The van der Waals surface area contributed by atoms with Gasteiger partial charge in [-0.15, -0.1) is 11.3 Å². The van der Waals surface area contributed by atoms with Crippen LogP contribution in [0.5, 0.6) is 11.5 Å². The number of carbonyl (C=O) groups excluding carboxylic acids is 1. The molecule has 0 unspecified atom stereocenters. The van der Waals surface area contributed by atoms with Crippen LogP contribution in [-0.2, 0) is 0 Å². The molecule has 0 saturated heterocycles. The maximum Gasteiger partial charge on any atom is 0.195 e. The molecule has 0 saturated carbocycles. The van der Waals surface area contributed by atoms with Gasteiger partial charge >= 0.3 is 0 Å². The molecule has 2 aromatic rings. The van der Waals surface area contributed by atoms with Gasteiger partial charge in [0, 0.05) is 4.88 Å².